The average Bonchev–Trinajstić information content (AvgIpc) is 3.15. The third-order valence-electron chi connectivity index (χ3n) is 3.55. The van der Waals surface area contributed by atoms with Crippen molar-refractivity contribution in [3.05, 3.63) is 43.3 Å². The van der Waals surface area contributed by atoms with Gasteiger partial charge < -0.3 is 0 Å². The fourth-order valence-electron chi connectivity index (χ4n) is 2.58. The van der Waals surface area contributed by atoms with Gasteiger partial charge in [0.15, 0.2) is 8.81 Å². The number of para-hydroxylation sites is 1. The molecule has 1 aliphatic heterocycles. The van der Waals surface area contributed by atoms with Gasteiger partial charge >= 0.3 is 0 Å². The highest BCUT2D eigenvalue weighted by atomic mass is 79.9. The van der Waals surface area contributed by atoms with E-state index in [1.807, 2.05) is 0 Å². The number of rotatable bonds is 4. The normalized spacial score (nSPS) is 19.1. The number of hydrogen-bond donors (Lipinski definition) is 0. The van der Waals surface area contributed by atoms with E-state index in [-0.39, 0.29) is 4.90 Å². The van der Waals surface area contributed by atoms with E-state index in [2.05, 4.69) is 26.1 Å². The molecule has 0 saturated carbocycles. The summed E-state index contributed by atoms with van der Waals surface area (Å²) in [6, 6.07) is 4.94. The first-order chi connectivity index (χ1) is 10.9. The molecule has 0 bridgehead atoms. The Hall–Kier alpha value is -1.43. The van der Waals surface area contributed by atoms with E-state index < -0.39 is 26.7 Å². The van der Waals surface area contributed by atoms with Crippen LogP contribution in [0.4, 0.5) is 5.69 Å². The summed E-state index contributed by atoms with van der Waals surface area (Å²) in [6.07, 6.45) is 1.28. The van der Waals surface area contributed by atoms with Gasteiger partial charge in [0.05, 0.1) is 11.0 Å². The van der Waals surface area contributed by atoms with Gasteiger partial charge in [0.1, 0.15) is 5.01 Å². The first-order valence-electron chi connectivity index (χ1n) is 6.65. The van der Waals surface area contributed by atoms with E-state index >= 15 is 0 Å². The van der Waals surface area contributed by atoms with Crippen LogP contribution in [0.1, 0.15) is 23.9 Å². The lowest BCUT2D eigenvalue weighted by Crippen LogP contribution is -2.31. The summed E-state index contributed by atoms with van der Waals surface area (Å²) < 4.78 is 27.7. The van der Waals surface area contributed by atoms with Crippen LogP contribution >= 0.6 is 27.3 Å². The van der Waals surface area contributed by atoms with Crippen LogP contribution in [0.25, 0.3) is 0 Å². The van der Waals surface area contributed by atoms with Crippen molar-refractivity contribution in [2.24, 2.45) is 0 Å². The van der Waals surface area contributed by atoms with Crippen molar-refractivity contribution in [2.45, 2.75) is 23.8 Å². The second-order valence-corrected chi connectivity index (χ2v) is 9.04. The molecule has 0 N–H and O–H groups in total. The molecule has 1 aliphatic rings. The molecule has 1 aromatic carbocycles. The Morgan fingerprint density at radius 3 is 2.74 bits per heavy atom. The van der Waals surface area contributed by atoms with E-state index in [1.165, 1.54) is 39.9 Å². The van der Waals surface area contributed by atoms with Gasteiger partial charge in [-0.05, 0) is 34.8 Å². The van der Waals surface area contributed by atoms with Crippen LogP contribution in [0.2, 0.25) is 0 Å². The summed E-state index contributed by atoms with van der Waals surface area (Å²) in [5, 5.41) is 19.6. The molecule has 1 atom stereocenters. The number of sulfonamides is 1. The van der Waals surface area contributed by atoms with Crippen LogP contribution in [0.15, 0.2) is 33.1 Å². The highest BCUT2D eigenvalue weighted by molar-refractivity contribution is 9.11. The molecule has 8 nitrogen and oxygen atoms in total. The van der Waals surface area contributed by atoms with Crippen molar-refractivity contribution in [1.29, 1.82) is 0 Å². The number of nitrogens with zero attached hydrogens (tertiary/aromatic N) is 4. The van der Waals surface area contributed by atoms with E-state index in [9.17, 15) is 18.5 Å². The maximum absolute atomic E-state index is 12.9. The lowest BCUT2D eigenvalue weighted by molar-refractivity contribution is -0.387. The molecule has 122 valence electrons. The second-order valence-electron chi connectivity index (χ2n) is 4.89. The minimum Gasteiger partial charge on any atom is -0.258 e. The third-order valence-corrected chi connectivity index (χ3v) is 6.97. The maximum atomic E-state index is 12.9. The fourth-order valence-corrected chi connectivity index (χ4v) is 5.76. The molecule has 0 spiro atoms. The quantitative estimate of drug-likeness (QED) is 0.557. The summed E-state index contributed by atoms with van der Waals surface area (Å²) in [7, 11) is -3.99. The third kappa shape index (κ3) is 3.01. The number of halogens is 1. The fraction of sp³-hybridized carbons (Fsp3) is 0.333. The Morgan fingerprint density at radius 1 is 1.35 bits per heavy atom. The molecular formula is C12H11BrN4O4S2. The number of aromatic nitrogens is 2. The van der Waals surface area contributed by atoms with Crippen molar-refractivity contribution in [3.63, 3.8) is 0 Å². The molecule has 1 unspecified atom stereocenters. The number of nitro groups is 1. The zero-order valence-electron chi connectivity index (χ0n) is 11.6. The highest BCUT2D eigenvalue weighted by Crippen LogP contribution is 2.39. The Balaban J connectivity index is 2.04. The molecular weight excluding hydrogens is 408 g/mol. The molecule has 1 saturated heterocycles. The maximum Gasteiger partial charge on any atom is 0.289 e. The predicted molar refractivity (Wildman–Crippen MR) is 86.6 cm³/mol. The van der Waals surface area contributed by atoms with E-state index in [0.29, 0.717) is 28.3 Å². The van der Waals surface area contributed by atoms with Crippen LogP contribution in [0.3, 0.4) is 0 Å². The van der Waals surface area contributed by atoms with Gasteiger partial charge in [-0.15, -0.1) is 10.2 Å². The van der Waals surface area contributed by atoms with Crippen molar-refractivity contribution in [2.75, 3.05) is 6.54 Å². The lowest BCUT2D eigenvalue weighted by atomic mass is 10.2. The Kier molecular flexibility index (Phi) is 4.45. The summed E-state index contributed by atoms with van der Waals surface area (Å²) >= 11 is 4.48. The summed E-state index contributed by atoms with van der Waals surface area (Å²) in [4.78, 5) is 10.2. The lowest BCUT2D eigenvalue weighted by Gasteiger charge is -2.21. The smallest absolute Gasteiger partial charge is 0.258 e. The van der Waals surface area contributed by atoms with Crippen molar-refractivity contribution in [3.8, 4) is 0 Å². The Bertz CT molecular complexity index is 854. The largest absolute Gasteiger partial charge is 0.289 e. The van der Waals surface area contributed by atoms with E-state index in [1.54, 1.807) is 0 Å². The molecule has 0 amide bonds. The number of nitro benzene ring substituents is 1. The zero-order chi connectivity index (χ0) is 16.6. The SMILES string of the molecule is O=[N+]([O-])c1ccccc1S(=O)(=O)N1CCCC1c1nnc(Br)s1. The first-order valence-corrected chi connectivity index (χ1v) is 9.70. The topological polar surface area (TPSA) is 106 Å². The molecule has 11 heteroatoms. The zero-order valence-corrected chi connectivity index (χ0v) is 14.8. The molecule has 2 heterocycles. The van der Waals surface area contributed by atoms with Crippen molar-refractivity contribution >= 4 is 43.0 Å². The molecule has 3 rings (SSSR count). The second kappa shape index (κ2) is 6.23. The number of benzene rings is 1. The Morgan fingerprint density at radius 2 is 2.09 bits per heavy atom. The summed E-state index contributed by atoms with van der Waals surface area (Å²) in [6.45, 7) is 0.302. The number of hydrogen-bond acceptors (Lipinski definition) is 7. The minimum absolute atomic E-state index is 0.291. The highest BCUT2D eigenvalue weighted by Gasteiger charge is 2.40. The Labute approximate surface area is 144 Å². The van der Waals surface area contributed by atoms with Crippen LogP contribution in [-0.2, 0) is 10.0 Å². The predicted octanol–water partition coefficient (Wildman–Crippen LogP) is 2.73. The minimum atomic E-state index is -3.99. The van der Waals surface area contributed by atoms with Crippen molar-refractivity contribution < 1.29 is 13.3 Å². The molecule has 0 aliphatic carbocycles. The molecule has 2 aromatic rings. The summed E-state index contributed by atoms with van der Waals surface area (Å²) in [5.74, 6) is 0. The van der Waals surface area contributed by atoms with Gasteiger partial charge in [-0.2, -0.15) is 4.31 Å². The van der Waals surface area contributed by atoms with Crippen LogP contribution in [-0.4, -0.2) is 34.4 Å². The molecule has 23 heavy (non-hydrogen) atoms. The van der Waals surface area contributed by atoms with Crippen molar-refractivity contribution in [1.82, 2.24) is 14.5 Å². The summed E-state index contributed by atoms with van der Waals surface area (Å²) in [5.41, 5.74) is -0.420. The molecule has 0 radical (unpaired) electrons. The van der Waals surface area contributed by atoms with Gasteiger partial charge in [0.25, 0.3) is 15.7 Å². The van der Waals surface area contributed by atoms with Gasteiger partial charge in [0, 0.05) is 12.6 Å². The van der Waals surface area contributed by atoms with E-state index in [0.717, 1.165) is 0 Å². The average molecular weight is 419 g/mol. The molecule has 1 fully saturated rings. The standard InChI is InChI=1S/C12H11BrN4O4S2/c13-12-15-14-11(22-12)9-5-3-7-16(9)23(20,21)10-6-2-1-4-8(10)17(18)19/h1-2,4,6,9H,3,5,7H2. The monoisotopic (exact) mass is 418 g/mol. The first kappa shape index (κ1) is 16.4. The van der Waals surface area contributed by atoms with Gasteiger partial charge in [-0.1, -0.05) is 23.5 Å². The van der Waals surface area contributed by atoms with Crippen LogP contribution in [0, 0.1) is 10.1 Å². The van der Waals surface area contributed by atoms with Gasteiger partial charge in [0.2, 0.25) is 0 Å². The van der Waals surface area contributed by atoms with E-state index in [4.69, 9.17) is 0 Å². The van der Waals surface area contributed by atoms with Crippen LogP contribution < -0.4 is 0 Å². The van der Waals surface area contributed by atoms with Crippen LogP contribution in [0.5, 0.6) is 0 Å². The van der Waals surface area contributed by atoms with Gasteiger partial charge in [-0.25, -0.2) is 8.42 Å². The van der Waals surface area contributed by atoms with Gasteiger partial charge in [-0.3, -0.25) is 10.1 Å². The molecule has 1 aromatic heterocycles.